The molecule has 1 aliphatic rings. The summed E-state index contributed by atoms with van der Waals surface area (Å²) in [7, 11) is -2.47. The monoisotopic (exact) mass is 505 g/mol. The van der Waals surface area contributed by atoms with Crippen LogP contribution in [0.25, 0.3) is 0 Å². The number of thioether (sulfide) groups is 1. The van der Waals surface area contributed by atoms with Crippen molar-refractivity contribution in [3.63, 3.8) is 0 Å². The molecule has 0 aromatic heterocycles. The van der Waals surface area contributed by atoms with E-state index in [9.17, 15) is 4.57 Å². The van der Waals surface area contributed by atoms with Gasteiger partial charge in [0.05, 0.1) is 12.7 Å². The number of ether oxygens (including phenoxy) is 1. The Bertz CT molecular complexity index is 446. The van der Waals surface area contributed by atoms with E-state index < -0.39 is 8.25 Å². The lowest BCUT2D eigenvalue weighted by molar-refractivity contribution is 0.0505. The highest BCUT2D eigenvalue weighted by Crippen LogP contribution is 2.36. The van der Waals surface area contributed by atoms with Crippen LogP contribution in [0.15, 0.2) is 0 Å². The molecule has 1 N–H and O–H groups in total. The van der Waals surface area contributed by atoms with E-state index in [0.29, 0.717) is 13.0 Å². The van der Waals surface area contributed by atoms with E-state index in [-0.39, 0.29) is 12.7 Å². The summed E-state index contributed by atoms with van der Waals surface area (Å²) in [6.07, 6.45) is 24.7. The molecule has 1 radical (unpaired) electrons. The second kappa shape index (κ2) is 22.8. The zero-order valence-corrected chi connectivity index (χ0v) is 23.5. The van der Waals surface area contributed by atoms with E-state index in [4.69, 9.17) is 9.63 Å². The van der Waals surface area contributed by atoms with Crippen molar-refractivity contribution in [1.82, 2.24) is 0 Å². The van der Waals surface area contributed by atoms with Gasteiger partial charge in [0.1, 0.15) is 0 Å². The summed E-state index contributed by atoms with van der Waals surface area (Å²) in [5, 5.41) is 0. The van der Waals surface area contributed by atoms with Crippen LogP contribution in [0, 0.1) is 11.8 Å². The minimum absolute atomic E-state index is 0.268. The first kappa shape index (κ1) is 31.4. The molecule has 1 fully saturated rings. The van der Waals surface area contributed by atoms with Crippen molar-refractivity contribution in [2.45, 2.75) is 136 Å². The Hall–Kier alpha value is 0.330. The Morgan fingerprint density at radius 1 is 0.848 bits per heavy atom. The Kier molecular flexibility index (Phi) is 21.6. The van der Waals surface area contributed by atoms with Gasteiger partial charge < -0.3 is 4.74 Å². The molecule has 0 spiro atoms. The van der Waals surface area contributed by atoms with Gasteiger partial charge in [-0.3, -0.25) is 9.42 Å². The van der Waals surface area contributed by atoms with Crippen LogP contribution in [-0.2, 0) is 13.8 Å². The van der Waals surface area contributed by atoms with Crippen molar-refractivity contribution < 1.29 is 18.7 Å². The number of hydrogen-bond acceptors (Lipinski definition) is 4. The SMILES string of the molecule is CCCCCCC(CCSCCCCCCCCC(C)OCCCO[P](=O)O)C1CCCC1. The first-order valence-corrected chi connectivity index (χ1v) is 16.4. The summed E-state index contributed by atoms with van der Waals surface area (Å²) in [5.41, 5.74) is 0. The summed E-state index contributed by atoms with van der Waals surface area (Å²) >= 11 is 2.21. The van der Waals surface area contributed by atoms with Gasteiger partial charge in [-0.25, -0.2) is 4.57 Å². The first-order chi connectivity index (χ1) is 16.1. The number of unbranched alkanes of at least 4 members (excludes halogenated alkanes) is 8. The zero-order valence-electron chi connectivity index (χ0n) is 21.8. The maximum absolute atomic E-state index is 10.4. The van der Waals surface area contributed by atoms with E-state index in [1.807, 2.05) is 0 Å². The van der Waals surface area contributed by atoms with Gasteiger partial charge in [0.2, 0.25) is 0 Å². The Morgan fingerprint density at radius 2 is 1.52 bits per heavy atom. The van der Waals surface area contributed by atoms with Crippen LogP contribution in [0.3, 0.4) is 0 Å². The second-order valence-electron chi connectivity index (χ2n) is 10.1. The van der Waals surface area contributed by atoms with Crippen LogP contribution in [0.1, 0.15) is 129 Å². The van der Waals surface area contributed by atoms with Gasteiger partial charge in [-0.1, -0.05) is 96.8 Å². The van der Waals surface area contributed by atoms with Crippen LogP contribution in [0.4, 0.5) is 0 Å². The van der Waals surface area contributed by atoms with Crippen molar-refractivity contribution >= 4 is 20.0 Å². The lowest BCUT2D eigenvalue weighted by Crippen LogP contribution is -2.13. The highest BCUT2D eigenvalue weighted by atomic mass is 32.2. The van der Waals surface area contributed by atoms with E-state index in [2.05, 4.69) is 30.1 Å². The van der Waals surface area contributed by atoms with Crippen LogP contribution < -0.4 is 0 Å². The normalized spacial score (nSPS) is 16.9. The highest BCUT2D eigenvalue weighted by Gasteiger charge is 2.24. The Morgan fingerprint density at radius 3 is 2.24 bits per heavy atom. The first-order valence-electron chi connectivity index (χ1n) is 14.1. The number of hydrogen-bond donors (Lipinski definition) is 1. The molecule has 0 bridgehead atoms. The van der Waals surface area contributed by atoms with Gasteiger partial charge in [0.25, 0.3) is 0 Å². The third kappa shape index (κ3) is 19.2. The van der Waals surface area contributed by atoms with Crippen LogP contribution in [-0.4, -0.2) is 35.7 Å². The molecule has 1 rings (SSSR count). The summed E-state index contributed by atoms with van der Waals surface area (Å²) in [5.74, 6) is 4.81. The lowest BCUT2D eigenvalue weighted by Gasteiger charge is -2.23. The van der Waals surface area contributed by atoms with Crippen molar-refractivity contribution in [1.29, 1.82) is 0 Å². The molecule has 33 heavy (non-hydrogen) atoms. The molecule has 0 aromatic carbocycles. The molecule has 1 saturated carbocycles. The van der Waals surface area contributed by atoms with Gasteiger partial charge in [-0.15, -0.1) is 0 Å². The highest BCUT2D eigenvalue weighted by molar-refractivity contribution is 7.99. The van der Waals surface area contributed by atoms with Crippen LogP contribution in [0.5, 0.6) is 0 Å². The van der Waals surface area contributed by atoms with Gasteiger partial charge in [-0.2, -0.15) is 11.8 Å². The topological polar surface area (TPSA) is 55.8 Å². The third-order valence-corrected chi connectivity index (χ3v) is 8.68. The molecular formula is C27H54O4PS. The molecule has 4 nitrogen and oxygen atoms in total. The van der Waals surface area contributed by atoms with Crippen LogP contribution in [0.2, 0.25) is 0 Å². The molecule has 0 aromatic rings. The Balaban J connectivity index is 1.89. The van der Waals surface area contributed by atoms with Crippen molar-refractivity contribution in [3.8, 4) is 0 Å². The predicted molar refractivity (Wildman–Crippen MR) is 144 cm³/mol. The molecule has 3 unspecified atom stereocenters. The van der Waals surface area contributed by atoms with E-state index in [1.165, 1.54) is 114 Å². The Labute approximate surface area is 210 Å². The fourth-order valence-corrected chi connectivity index (χ4v) is 6.49. The average molecular weight is 506 g/mol. The minimum atomic E-state index is -2.47. The number of rotatable bonds is 24. The molecule has 0 heterocycles. The second-order valence-corrected chi connectivity index (χ2v) is 12.0. The maximum atomic E-state index is 10.4. The summed E-state index contributed by atoms with van der Waals surface area (Å²) in [6.45, 7) is 5.32. The molecule has 1 aliphatic carbocycles. The van der Waals surface area contributed by atoms with Gasteiger partial charge in [0, 0.05) is 6.61 Å². The molecule has 0 aliphatic heterocycles. The smallest absolute Gasteiger partial charge is 0.366 e. The van der Waals surface area contributed by atoms with Crippen molar-refractivity contribution in [2.75, 3.05) is 24.7 Å². The third-order valence-electron chi connectivity index (χ3n) is 7.17. The van der Waals surface area contributed by atoms with Gasteiger partial charge in [-0.05, 0) is 55.9 Å². The van der Waals surface area contributed by atoms with Crippen molar-refractivity contribution in [3.05, 3.63) is 0 Å². The lowest BCUT2D eigenvalue weighted by atomic mass is 9.84. The van der Waals surface area contributed by atoms with E-state index >= 15 is 0 Å². The fourth-order valence-electron chi connectivity index (χ4n) is 5.13. The predicted octanol–water partition coefficient (Wildman–Crippen LogP) is 9.08. The quantitative estimate of drug-likeness (QED) is 0.105. The molecule has 0 amide bonds. The van der Waals surface area contributed by atoms with Gasteiger partial charge in [0.15, 0.2) is 0 Å². The van der Waals surface area contributed by atoms with E-state index in [1.54, 1.807) is 0 Å². The standard InChI is InChI=1S/C27H54O4PS/c1-3-4-5-11-17-27(26-18-12-13-19-26)20-24-33-23-14-9-7-6-8-10-16-25(2)30-21-15-22-31-32(28)29/h25-27H,3-24H2,1-2H3,(H,28,29). The molecule has 197 valence electrons. The minimum Gasteiger partial charge on any atom is -0.378 e. The van der Waals surface area contributed by atoms with E-state index in [0.717, 1.165) is 18.3 Å². The fraction of sp³-hybridized carbons (Fsp3) is 1.00. The molecular weight excluding hydrogens is 451 g/mol. The molecule has 6 heteroatoms. The molecule has 3 atom stereocenters. The summed E-state index contributed by atoms with van der Waals surface area (Å²) in [6, 6.07) is 0. The summed E-state index contributed by atoms with van der Waals surface area (Å²) < 4.78 is 20.8. The van der Waals surface area contributed by atoms with Crippen LogP contribution >= 0.6 is 20.0 Å². The average Bonchev–Trinajstić information content (AvgIpc) is 3.33. The largest absolute Gasteiger partial charge is 0.378 e. The summed E-state index contributed by atoms with van der Waals surface area (Å²) in [4.78, 5) is 8.56. The van der Waals surface area contributed by atoms with Gasteiger partial charge >= 0.3 is 8.25 Å². The molecule has 0 saturated heterocycles. The maximum Gasteiger partial charge on any atom is 0.366 e. The zero-order chi connectivity index (χ0) is 24.0. The van der Waals surface area contributed by atoms with Crippen molar-refractivity contribution in [2.24, 2.45) is 11.8 Å².